The Labute approximate surface area is 123 Å². The van der Waals surface area contributed by atoms with Gasteiger partial charge in [0.15, 0.2) is 0 Å². The zero-order valence-electron chi connectivity index (χ0n) is 11.7. The van der Waals surface area contributed by atoms with Crippen molar-refractivity contribution in [2.24, 2.45) is 5.92 Å². The van der Waals surface area contributed by atoms with E-state index in [0.717, 1.165) is 11.4 Å². The second-order valence-electron chi connectivity index (χ2n) is 5.23. The van der Waals surface area contributed by atoms with Crippen molar-refractivity contribution in [3.05, 3.63) is 42.6 Å². The molecule has 110 valence electrons. The fourth-order valence-electron chi connectivity index (χ4n) is 1.96. The summed E-state index contributed by atoms with van der Waals surface area (Å²) < 4.78 is 7.18. The Kier molecular flexibility index (Phi) is 4.25. The van der Waals surface area contributed by atoms with Crippen LogP contribution in [0.3, 0.4) is 0 Å². The third kappa shape index (κ3) is 4.13. The van der Waals surface area contributed by atoms with Crippen molar-refractivity contribution in [1.82, 2.24) is 19.9 Å². The van der Waals surface area contributed by atoms with Gasteiger partial charge in [-0.1, -0.05) is 0 Å². The van der Waals surface area contributed by atoms with E-state index >= 15 is 0 Å². The molecule has 1 amide bonds. The van der Waals surface area contributed by atoms with E-state index in [1.165, 1.54) is 12.8 Å². The van der Waals surface area contributed by atoms with Crippen LogP contribution in [-0.4, -0.2) is 33.7 Å². The van der Waals surface area contributed by atoms with Crippen LogP contribution in [0.2, 0.25) is 0 Å². The molecule has 2 aromatic heterocycles. The lowest BCUT2D eigenvalue weighted by Gasteiger charge is -2.07. The van der Waals surface area contributed by atoms with E-state index in [-0.39, 0.29) is 12.5 Å². The summed E-state index contributed by atoms with van der Waals surface area (Å²) in [5.74, 6) is 1.37. The standard InChI is InChI=1S/C15H18N4O2/c20-15(10-21-9-12-1-2-12)18-8-13-3-4-17-14(7-13)19-6-5-16-11-19/h3-7,11-12H,1-2,8-10H2,(H,18,20). The van der Waals surface area contributed by atoms with Crippen LogP contribution >= 0.6 is 0 Å². The van der Waals surface area contributed by atoms with Gasteiger partial charge in [0.05, 0.1) is 6.61 Å². The number of rotatable bonds is 7. The van der Waals surface area contributed by atoms with Gasteiger partial charge in [-0.15, -0.1) is 0 Å². The molecule has 6 nitrogen and oxygen atoms in total. The van der Waals surface area contributed by atoms with Crippen LogP contribution in [0.1, 0.15) is 18.4 Å². The molecule has 0 aliphatic heterocycles. The van der Waals surface area contributed by atoms with E-state index in [2.05, 4.69) is 15.3 Å². The minimum atomic E-state index is -0.0864. The average Bonchev–Trinajstić information content (AvgIpc) is 3.16. The zero-order chi connectivity index (χ0) is 14.5. The highest BCUT2D eigenvalue weighted by Gasteiger charge is 2.21. The summed E-state index contributed by atoms with van der Waals surface area (Å²) in [6.45, 7) is 1.30. The lowest BCUT2D eigenvalue weighted by molar-refractivity contribution is -0.126. The van der Waals surface area contributed by atoms with Gasteiger partial charge in [-0.3, -0.25) is 9.36 Å². The first-order valence-electron chi connectivity index (χ1n) is 7.09. The minimum Gasteiger partial charge on any atom is -0.371 e. The molecular formula is C15H18N4O2. The largest absolute Gasteiger partial charge is 0.371 e. The monoisotopic (exact) mass is 286 g/mol. The summed E-state index contributed by atoms with van der Waals surface area (Å²) in [6, 6.07) is 3.80. The van der Waals surface area contributed by atoms with Crippen molar-refractivity contribution in [2.75, 3.05) is 13.2 Å². The highest BCUT2D eigenvalue weighted by atomic mass is 16.5. The molecule has 0 radical (unpaired) electrons. The van der Waals surface area contributed by atoms with E-state index in [1.54, 1.807) is 18.7 Å². The van der Waals surface area contributed by atoms with Crippen molar-refractivity contribution >= 4 is 5.91 Å². The van der Waals surface area contributed by atoms with Crippen LogP contribution in [0, 0.1) is 5.92 Å². The van der Waals surface area contributed by atoms with Crippen molar-refractivity contribution in [2.45, 2.75) is 19.4 Å². The van der Waals surface area contributed by atoms with E-state index in [0.29, 0.717) is 19.1 Å². The quantitative estimate of drug-likeness (QED) is 0.833. The molecular weight excluding hydrogens is 268 g/mol. The predicted octanol–water partition coefficient (Wildman–Crippen LogP) is 1.31. The number of carbonyl (C=O) groups is 1. The second kappa shape index (κ2) is 6.49. The Morgan fingerprint density at radius 3 is 3.10 bits per heavy atom. The van der Waals surface area contributed by atoms with Crippen molar-refractivity contribution in [1.29, 1.82) is 0 Å². The van der Waals surface area contributed by atoms with Crippen molar-refractivity contribution < 1.29 is 9.53 Å². The molecule has 3 rings (SSSR count). The highest BCUT2D eigenvalue weighted by Crippen LogP contribution is 2.28. The first-order valence-corrected chi connectivity index (χ1v) is 7.09. The molecule has 2 aromatic rings. The number of amides is 1. The maximum absolute atomic E-state index is 11.7. The third-order valence-corrected chi connectivity index (χ3v) is 3.35. The number of carbonyl (C=O) groups excluding carboxylic acids is 1. The molecule has 0 bridgehead atoms. The first kappa shape index (κ1) is 13.8. The molecule has 0 saturated heterocycles. The lowest BCUT2D eigenvalue weighted by atomic mass is 10.2. The zero-order valence-corrected chi connectivity index (χ0v) is 11.7. The molecule has 0 atom stereocenters. The SMILES string of the molecule is O=C(COCC1CC1)NCc1ccnc(-n2ccnc2)c1. The van der Waals surface area contributed by atoms with Crippen LogP contribution in [0.15, 0.2) is 37.1 Å². The fourth-order valence-corrected chi connectivity index (χ4v) is 1.96. The van der Waals surface area contributed by atoms with Gasteiger partial charge in [-0.05, 0) is 36.5 Å². The van der Waals surface area contributed by atoms with Gasteiger partial charge in [0.1, 0.15) is 18.8 Å². The molecule has 2 heterocycles. The van der Waals surface area contributed by atoms with Gasteiger partial charge in [-0.2, -0.15) is 0 Å². The van der Waals surface area contributed by atoms with Gasteiger partial charge < -0.3 is 10.1 Å². The Morgan fingerprint density at radius 1 is 1.43 bits per heavy atom. The summed E-state index contributed by atoms with van der Waals surface area (Å²) in [4.78, 5) is 19.9. The smallest absolute Gasteiger partial charge is 0.246 e. The van der Waals surface area contributed by atoms with Gasteiger partial charge in [0.25, 0.3) is 0 Å². The van der Waals surface area contributed by atoms with E-state index in [1.807, 2.05) is 22.9 Å². The minimum absolute atomic E-state index is 0.0864. The van der Waals surface area contributed by atoms with Crippen LogP contribution in [0.5, 0.6) is 0 Å². The summed E-state index contributed by atoms with van der Waals surface area (Å²) in [5, 5.41) is 2.85. The van der Waals surface area contributed by atoms with Crippen molar-refractivity contribution in [3.8, 4) is 5.82 Å². The number of aromatic nitrogens is 3. The van der Waals surface area contributed by atoms with Crippen LogP contribution in [-0.2, 0) is 16.1 Å². The number of ether oxygens (including phenoxy) is 1. The summed E-state index contributed by atoms with van der Waals surface area (Å²) in [5.41, 5.74) is 0.990. The predicted molar refractivity (Wildman–Crippen MR) is 76.7 cm³/mol. The van der Waals surface area contributed by atoms with Crippen LogP contribution in [0.4, 0.5) is 0 Å². The van der Waals surface area contributed by atoms with Gasteiger partial charge in [0, 0.05) is 25.1 Å². The molecule has 0 aromatic carbocycles. The molecule has 1 aliphatic carbocycles. The Balaban J connectivity index is 1.48. The number of hydrogen-bond acceptors (Lipinski definition) is 4. The summed E-state index contributed by atoms with van der Waals surface area (Å²) in [7, 11) is 0. The van der Waals surface area contributed by atoms with Gasteiger partial charge in [0.2, 0.25) is 5.91 Å². The Morgan fingerprint density at radius 2 is 2.33 bits per heavy atom. The molecule has 1 aliphatic rings. The molecule has 1 saturated carbocycles. The average molecular weight is 286 g/mol. The lowest BCUT2D eigenvalue weighted by Crippen LogP contribution is -2.27. The summed E-state index contributed by atoms with van der Waals surface area (Å²) >= 11 is 0. The fraction of sp³-hybridized carbons (Fsp3) is 0.400. The first-order chi connectivity index (χ1) is 10.3. The van der Waals surface area contributed by atoms with Gasteiger partial charge >= 0.3 is 0 Å². The number of pyridine rings is 1. The third-order valence-electron chi connectivity index (χ3n) is 3.35. The number of hydrogen-bond donors (Lipinski definition) is 1. The van der Waals surface area contributed by atoms with Crippen molar-refractivity contribution in [3.63, 3.8) is 0 Å². The number of nitrogens with zero attached hydrogens (tertiary/aromatic N) is 3. The van der Waals surface area contributed by atoms with E-state index in [9.17, 15) is 4.79 Å². The number of nitrogens with one attached hydrogen (secondary N) is 1. The van der Waals surface area contributed by atoms with Crippen LogP contribution in [0.25, 0.3) is 5.82 Å². The normalized spacial score (nSPS) is 14.1. The van der Waals surface area contributed by atoms with E-state index in [4.69, 9.17) is 4.74 Å². The Hall–Kier alpha value is -2.21. The van der Waals surface area contributed by atoms with E-state index < -0.39 is 0 Å². The van der Waals surface area contributed by atoms with Crippen LogP contribution < -0.4 is 5.32 Å². The number of imidazole rings is 1. The maximum Gasteiger partial charge on any atom is 0.246 e. The second-order valence-corrected chi connectivity index (χ2v) is 5.23. The van der Waals surface area contributed by atoms with Gasteiger partial charge in [-0.25, -0.2) is 9.97 Å². The maximum atomic E-state index is 11.7. The molecule has 21 heavy (non-hydrogen) atoms. The Bertz CT molecular complexity index is 593. The molecule has 1 fully saturated rings. The summed E-state index contributed by atoms with van der Waals surface area (Å²) in [6.07, 6.45) is 9.41. The molecule has 0 unspecified atom stereocenters. The molecule has 0 spiro atoms. The topological polar surface area (TPSA) is 69.0 Å². The molecule has 1 N–H and O–H groups in total. The molecule has 6 heteroatoms. The highest BCUT2D eigenvalue weighted by molar-refractivity contribution is 5.77.